The Hall–Kier alpha value is -2.35. The van der Waals surface area contributed by atoms with Crippen LogP contribution in [0.25, 0.3) is 0 Å². The van der Waals surface area contributed by atoms with Crippen molar-refractivity contribution in [3.8, 4) is 0 Å². The van der Waals surface area contributed by atoms with Gasteiger partial charge in [0, 0.05) is 30.3 Å². The van der Waals surface area contributed by atoms with Crippen LogP contribution >= 0.6 is 0 Å². The molecule has 3 rings (SSSR count). The molecule has 0 bridgehead atoms. The molecule has 1 heterocycles. The van der Waals surface area contributed by atoms with Crippen LogP contribution in [0, 0.1) is 0 Å². The monoisotopic (exact) mass is 627 g/mol. The second-order valence-corrected chi connectivity index (χ2v) is 14.5. The summed E-state index contributed by atoms with van der Waals surface area (Å²) in [4.78, 5) is 5.11. The molecule has 0 saturated heterocycles. The molecule has 0 N–H and O–H groups in total. The lowest BCUT2D eigenvalue weighted by molar-refractivity contribution is 0.322. The van der Waals surface area contributed by atoms with Gasteiger partial charge in [0.25, 0.3) is 0 Å². The van der Waals surface area contributed by atoms with Crippen LogP contribution in [0.2, 0.25) is 0 Å². The number of aryl methyl sites for hydroxylation is 1. The second kappa shape index (κ2) is 23.9. The van der Waals surface area contributed by atoms with E-state index in [9.17, 15) is 0 Å². The summed E-state index contributed by atoms with van der Waals surface area (Å²) in [5.74, 6) is 1.68. The van der Waals surface area contributed by atoms with Gasteiger partial charge in [0.15, 0.2) is 0 Å². The SMILES string of the molecule is CCCCCCCCCCCCCCCCCCCn1ccnc1C(CCCCCC)C(C)(Cc1ccccc1)c1ccccc1. The van der Waals surface area contributed by atoms with E-state index in [1.807, 2.05) is 0 Å². The fourth-order valence-corrected chi connectivity index (χ4v) is 7.60. The molecule has 2 nitrogen and oxygen atoms in total. The third-order valence-corrected chi connectivity index (χ3v) is 10.5. The second-order valence-electron chi connectivity index (χ2n) is 14.5. The number of unbranched alkanes of at least 4 members (excludes halogenated alkanes) is 19. The lowest BCUT2D eigenvalue weighted by Crippen LogP contribution is -2.35. The predicted octanol–water partition coefficient (Wildman–Crippen LogP) is 13.8. The smallest absolute Gasteiger partial charge is 0.112 e. The van der Waals surface area contributed by atoms with E-state index >= 15 is 0 Å². The quantitative estimate of drug-likeness (QED) is 0.0733. The molecule has 46 heavy (non-hydrogen) atoms. The number of rotatable bonds is 28. The van der Waals surface area contributed by atoms with E-state index in [0.29, 0.717) is 5.92 Å². The largest absolute Gasteiger partial charge is 0.335 e. The molecule has 2 unspecified atom stereocenters. The Kier molecular flexibility index (Phi) is 19.8. The van der Waals surface area contributed by atoms with Crippen LogP contribution < -0.4 is 0 Å². The topological polar surface area (TPSA) is 17.8 Å². The number of benzene rings is 2. The summed E-state index contributed by atoms with van der Waals surface area (Å²) in [5, 5.41) is 0. The molecule has 1 aromatic heterocycles. The first kappa shape index (κ1) is 38.1. The molecule has 0 saturated carbocycles. The number of aromatic nitrogens is 2. The molecule has 2 atom stereocenters. The summed E-state index contributed by atoms with van der Waals surface area (Å²) in [7, 11) is 0. The molecule has 0 fully saturated rings. The van der Waals surface area contributed by atoms with Crippen molar-refractivity contribution >= 4 is 0 Å². The molecule has 0 amide bonds. The van der Waals surface area contributed by atoms with E-state index in [2.05, 4.69) is 98.4 Å². The lowest BCUT2D eigenvalue weighted by atomic mass is 9.66. The maximum absolute atomic E-state index is 5.11. The minimum absolute atomic E-state index is 0.0216. The molecule has 2 heteroatoms. The number of hydrogen-bond acceptors (Lipinski definition) is 1. The Morgan fingerprint density at radius 2 is 1.02 bits per heavy atom. The maximum Gasteiger partial charge on any atom is 0.112 e. The molecule has 0 radical (unpaired) electrons. The molecular weight excluding hydrogens is 556 g/mol. The minimum Gasteiger partial charge on any atom is -0.335 e. The summed E-state index contributed by atoms with van der Waals surface area (Å²) in [6.45, 7) is 8.22. The van der Waals surface area contributed by atoms with Gasteiger partial charge in [-0.25, -0.2) is 4.98 Å². The zero-order valence-electron chi connectivity index (χ0n) is 30.4. The number of imidazole rings is 1. The van der Waals surface area contributed by atoms with Crippen molar-refractivity contribution in [1.29, 1.82) is 0 Å². The molecule has 256 valence electrons. The molecule has 0 aliphatic rings. The summed E-state index contributed by atoms with van der Waals surface area (Å²) < 4.78 is 2.52. The van der Waals surface area contributed by atoms with E-state index in [1.165, 1.54) is 158 Å². The Bertz CT molecular complexity index is 1100. The van der Waals surface area contributed by atoms with E-state index < -0.39 is 0 Å². The highest BCUT2D eigenvalue weighted by Crippen LogP contribution is 2.44. The molecule has 0 spiro atoms. The van der Waals surface area contributed by atoms with Crippen LogP contribution in [0.1, 0.15) is 185 Å². The van der Waals surface area contributed by atoms with Gasteiger partial charge in [-0.1, -0.05) is 210 Å². The van der Waals surface area contributed by atoms with E-state index in [-0.39, 0.29) is 5.41 Å². The summed E-state index contributed by atoms with van der Waals surface area (Å²) in [6.07, 6.45) is 35.8. The van der Waals surface area contributed by atoms with E-state index in [0.717, 1.165) is 13.0 Å². The fraction of sp³-hybridized carbons (Fsp3) is 0.659. The summed E-state index contributed by atoms with van der Waals surface area (Å²) in [6, 6.07) is 22.4. The van der Waals surface area contributed by atoms with Crippen molar-refractivity contribution in [3.63, 3.8) is 0 Å². The first-order valence-electron chi connectivity index (χ1n) is 19.8. The van der Waals surface area contributed by atoms with Crippen LogP contribution in [0.4, 0.5) is 0 Å². The number of nitrogens with zero attached hydrogens (tertiary/aromatic N) is 2. The normalized spacial score (nSPS) is 13.5. The van der Waals surface area contributed by atoms with Crippen molar-refractivity contribution < 1.29 is 0 Å². The van der Waals surface area contributed by atoms with Crippen molar-refractivity contribution in [3.05, 3.63) is 90.0 Å². The number of hydrogen-bond donors (Lipinski definition) is 0. The van der Waals surface area contributed by atoms with E-state index in [1.54, 1.807) is 0 Å². The Morgan fingerprint density at radius 3 is 1.54 bits per heavy atom. The van der Waals surface area contributed by atoms with Gasteiger partial charge < -0.3 is 4.57 Å². The Morgan fingerprint density at radius 1 is 0.565 bits per heavy atom. The van der Waals surface area contributed by atoms with E-state index in [4.69, 9.17) is 4.98 Å². The first-order chi connectivity index (χ1) is 22.7. The van der Waals surface area contributed by atoms with Gasteiger partial charge in [0.1, 0.15) is 5.82 Å². The van der Waals surface area contributed by atoms with Gasteiger partial charge in [0.2, 0.25) is 0 Å². The highest BCUT2D eigenvalue weighted by atomic mass is 15.1. The van der Waals surface area contributed by atoms with Gasteiger partial charge >= 0.3 is 0 Å². The van der Waals surface area contributed by atoms with Gasteiger partial charge in [-0.3, -0.25) is 0 Å². The molecule has 2 aromatic carbocycles. The predicted molar refractivity (Wildman–Crippen MR) is 202 cm³/mol. The zero-order valence-corrected chi connectivity index (χ0v) is 30.4. The molecule has 0 aliphatic heterocycles. The zero-order chi connectivity index (χ0) is 32.5. The standard InChI is InChI=1S/C44H70N2/c1-4-6-8-10-11-12-13-14-15-16-17-18-19-20-21-22-30-37-46-38-36-45-43(46)42(35-29-9-7-5-2)44(3,41-33-27-24-28-34-41)39-40-31-25-23-26-32-40/h23-28,31-34,36,38,42H,4-22,29-30,35,37,39H2,1-3H3. The van der Waals surface area contributed by atoms with Gasteiger partial charge in [-0.2, -0.15) is 0 Å². The average molecular weight is 627 g/mol. The van der Waals surface area contributed by atoms with Crippen molar-refractivity contribution in [2.45, 2.75) is 186 Å². The van der Waals surface area contributed by atoms with Crippen molar-refractivity contribution in [2.24, 2.45) is 0 Å². The van der Waals surface area contributed by atoms with Gasteiger partial charge in [-0.05, 0) is 30.4 Å². The molecule has 3 aromatic rings. The van der Waals surface area contributed by atoms with Crippen molar-refractivity contribution in [2.75, 3.05) is 0 Å². The average Bonchev–Trinajstić information content (AvgIpc) is 3.54. The third kappa shape index (κ3) is 14.2. The van der Waals surface area contributed by atoms with Crippen LogP contribution in [0.3, 0.4) is 0 Å². The van der Waals surface area contributed by atoms with Gasteiger partial charge in [0.05, 0.1) is 0 Å². The van der Waals surface area contributed by atoms with Gasteiger partial charge in [-0.15, -0.1) is 0 Å². The highest BCUT2D eigenvalue weighted by Gasteiger charge is 2.39. The summed E-state index contributed by atoms with van der Waals surface area (Å²) >= 11 is 0. The molecule has 0 aliphatic carbocycles. The fourth-order valence-electron chi connectivity index (χ4n) is 7.60. The van der Waals surface area contributed by atoms with Crippen LogP contribution in [-0.4, -0.2) is 9.55 Å². The molecular formula is C44H70N2. The van der Waals surface area contributed by atoms with Crippen LogP contribution in [0.5, 0.6) is 0 Å². The van der Waals surface area contributed by atoms with Crippen LogP contribution in [0.15, 0.2) is 73.1 Å². The Labute approximate surface area is 285 Å². The van der Waals surface area contributed by atoms with Crippen LogP contribution in [-0.2, 0) is 18.4 Å². The third-order valence-electron chi connectivity index (χ3n) is 10.5. The highest BCUT2D eigenvalue weighted by molar-refractivity contribution is 5.33. The minimum atomic E-state index is -0.0216. The lowest BCUT2D eigenvalue weighted by Gasteiger charge is -2.39. The summed E-state index contributed by atoms with van der Waals surface area (Å²) in [5.41, 5.74) is 2.83. The Balaban J connectivity index is 1.46. The first-order valence-corrected chi connectivity index (χ1v) is 19.8. The maximum atomic E-state index is 5.11. The van der Waals surface area contributed by atoms with Crippen molar-refractivity contribution in [1.82, 2.24) is 9.55 Å².